The summed E-state index contributed by atoms with van der Waals surface area (Å²) in [6, 6.07) is 9.66. The first kappa shape index (κ1) is 18.5. The van der Waals surface area contributed by atoms with Gasteiger partial charge in [-0.15, -0.1) is 0 Å². The predicted octanol–water partition coefficient (Wildman–Crippen LogP) is 2.56. The molecule has 0 atom stereocenters. The summed E-state index contributed by atoms with van der Waals surface area (Å²) in [6.07, 6.45) is 0.930. The molecule has 0 unspecified atom stereocenters. The smallest absolute Gasteiger partial charge is 0.243 e. The van der Waals surface area contributed by atoms with Gasteiger partial charge in [-0.2, -0.15) is 4.31 Å². The Labute approximate surface area is 150 Å². The monoisotopic (exact) mass is 380 g/mol. The van der Waals surface area contributed by atoms with Crippen molar-refractivity contribution >= 4 is 21.6 Å². The largest absolute Gasteiger partial charge is 0.311 e. The van der Waals surface area contributed by atoms with Crippen molar-refractivity contribution in [1.82, 2.24) is 4.31 Å². The molecular weight excluding hydrogens is 362 g/mol. The molecule has 0 spiro atoms. The van der Waals surface area contributed by atoms with Crippen molar-refractivity contribution in [2.24, 2.45) is 0 Å². The van der Waals surface area contributed by atoms with Crippen molar-refractivity contribution in [2.75, 3.05) is 25.0 Å². The van der Waals surface area contributed by atoms with Gasteiger partial charge in [0.25, 0.3) is 0 Å². The van der Waals surface area contributed by atoms with Gasteiger partial charge in [0.1, 0.15) is 11.6 Å². The highest BCUT2D eigenvalue weighted by Crippen LogP contribution is 2.30. The molecule has 2 aromatic rings. The Hall–Kier alpha value is -2.32. The standard InChI is InChI=1S/C18H18F2N2O3S/c1-21(26(24,25)14-6-3-2-4-7-14)12-18(23)22-9-5-8-15-16(20)10-13(19)11-17(15)22/h2-4,6-7,10-11H,5,8-9,12H2,1H3. The molecule has 0 saturated heterocycles. The summed E-state index contributed by atoms with van der Waals surface area (Å²) in [6.45, 7) is -0.136. The molecule has 0 N–H and O–H groups in total. The second-order valence-electron chi connectivity index (χ2n) is 6.11. The summed E-state index contributed by atoms with van der Waals surface area (Å²) in [7, 11) is -2.53. The maximum atomic E-state index is 14.0. The molecule has 0 aromatic heterocycles. The van der Waals surface area contributed by atoms with Gasteiger partial charge in [-0.25, -0.2) is 17.2 Å². The SMILES string of the molecule is CN(CC(=O)N1CCCc2c(F)cc(F)cc21)S(=O)(=O)c1ccccc1. The zero-order valence-corrected chi connectivity index (χ0v) is 15.0. The molecule has 0 fully saturated rings. The lowest BCUT2D eigenvalue weighted by molar-refractivity contribution is -0.118. The third-order valence-electron chi connectivity index (χ3n) is 4.35. The highest BCUT2D eigenvalue weighted by molar-refractivity contribution is 7.89. The number of halogens is 2. The van der Waals surface area contributed by atoms with Crippen LogP contribution in [0.4, 0.5) is 14.5 Å². The Morgan fingerprint density at radius 2 is 1.88 bits per heavy atom. The van der Waals surface area contributed by atoms with Crippen LogP contribution in [0.5, 0.6) is 0 Å². The quantitative estimate of drug-likeness (QED) is 0.819. The van der Waals surface area contributed by atoms with Gasteiger partial charge in [0.2, 0.25) is 15.9 Å². The summed E-state index contributed by atoms with van der Waals surface area (Å²) in [5.74, 6) is -1.99. The Morgan fingerprint density at radius 3 is 2.58 bits per heavy atom. The van der Waals surface area contributed by atoms with Gasteiger partial charge in [0, 0.05) is 25.2 Å². The van der Waals surface area contributed by atoms with Crippen molar-refractivity contribution < 1.29 is 22.0 Å². The van der Waals surface area contributed by atoms with Gasteiger partial charge in [0.15, 0.2) is 0 Å². The van der Waals surface area contributed by atoms with Crippen LogP contribution < -0.4 is 4.90 Å². The first-order valence-corrected chi connectivity index (χ1v) is 9.54. The summed E-state index contributed by atoms with van der Waals surface area (Å²) >= 11 is 0. The van der Waals surface area contributed by atoms with E-state index in [1.165, 1.54) is 24.1 Å². The molecule has 2 aromatic carbocycles. The number of carbonyl (C=O) groups is 1. The minimum Gasteiger partial charge on any atom is -0.311 e. The fraction of sp³-hybridized carbons (Fsp3) is 0.278. The average molecular weight is 380 g/mol. The lowest BCUT2D eigenvalue weighted by Crippen LogP contribution is -2.43. The van der Waals surface area contributed by atoms with Gasteiger partial charge in [0.05, 0.1) is 17.1 Å². The van der Waals surface area contributed by atoms with E-state index in [1.54, 1.807) is 18.2 Å². The van der Waals surface area contributed by atoms with Crippen LogP contribution in [0.25, 0.3) is 0 Å². The molecule has 0 aliphatic carbocycles. The molecule has 8 heteroatoms. The number of amides is 1. The van der Waals surface area contributed by atoms with E-state index in [4.69, 9.17) is 0 Å². The van der Waals surface area contributed by atoms with E-state index >= 15 is 0 Å². The van der Waals surface area contributed by atoms with Gasteiger partial charge in [-0.05, 0) is 31.0 Å². The molecule has 3 rings (SSSR count). The molecule has 5 nitrogen and oxygen atoms in total. The van der Waals surface area contributed by atoms with E-state index in [0.717, 1.165) is 16.4 Å². The van der Waals surface area contributed by atoms with Crippen LogP contribution in [0.3, 0.4) is 0 Å². The molecule has 1 amide bonds. The minimum absolute atomic E-state index is 0.0754. The van der Waals surface area contributed by atoms with Crippen LogP contribution in [-0.2, 0) is 21.2 Å². The maximum absolute atomic E-state index is 14.0. The molecular formula is C18H18F2N2O3S. The van der Waals surface area contributed by atoms with Crippen LogP contribution >= 0.6 is 0 Å². The third kappa shape index (κ3) is 3.47. The molecule has 0 saturated carbocycles. The predicted molar refractivity (Wildman–Crippen MR) is 93.3 cm³/mol. The van der Waals surface area contributed by atoms with Crippen molar-refractivity contribution in [3.05, 3.63) is 59.7 Å². The third-order valence-corrected chi connectivity index (χ3v) is 6.16. The summed E-state index contributed by atoms with van der Waals surface area (Å²) in [5, 5.41) is 0. The van der Waals surface area contributed by atoms with Gasteiger partial charge >= 0.3 is 0 Å². The number of rotatable bonds is 4. The average Bonchev–Trinajstić information content (AvgIpc) is 2.61. The number of benzene rings is 2. The minimum atomic E-state index is -3.83. The van der Waals surface area contributed by atoms with Crippen molar-refractivity contribution in [3.8, 4) is 0 Å². The number of carbonyl (C=O) groups excluding carboxylic acids is 1. The summed E-state index contributed by atoms with van der Waals surface area (Å²) in [5.41, 5.74) is 0.448. The first-order valence-electron chi connectivity index (χ1n) is 8.10. The van der Waals surface area contributed by atoms with E-state index in [2.05, 4.69) is 0 Å². The molecule has 1 heterocycles. The molecule has 0 radical (unpaired) electrons. The van der Waals surface area contributed by atoms with Crippen LogP contribution in [0.2, 0.25) is 0 Å². The lowest BCUT2D eigenvalue weighted by atomic mass is 10.0. The topological polar surface area (TPSA) is 57.7 Å². The number of nitrogens with zero attached hydrogens (tertiary/aromatic N) is 2. The molecule has 1 aliphatic heterocycles. The van der Waals surface area contributed by atoms with Gasteiger partial charge in [-0.1, -0.05) is 18.2 Å². The van der Waals surface area contributed by atoms with Crippen LogP contribution in [0, 0.1) is 11.6 Å². The Balaban J connectivity index is 1.84. The molecule has 1 aliphatic rings. The Morgan fingerprint density at radius 1 is 1.19 bits per heavy atom. The highest BCUT2D eigenvalue weighted by atomic mass is 32.2. The van der Waals surface area contributed by atoms with Crippen LogP contribution in [0.1, 0.15) is 12.0 Å². The van der Waals surface area contributed by atoms with Crippen LogP contribution in [-0.4, -0.2) is 38.8 Å². The number of anilines is 1. The first-order chi connectivity index (χ1) is 12.3. The van der Waals surface area contributed by atoms with E-state index in [-0.39, 0.29) is 22.7 Å². The number of sulfonamides is 1. The second-order valence-corrected chi connectivity index (χ2v) is 8.15. The lowest BCUT2D eigenvalue weighted by Gasteiger charge is -2.31. The zero-order chi connectivity index (χ0) is 18.9. The fourth-order valence-corrected chi connectivity index (χ4v) is 4.15. The molecule has 138 valence electrons. The van der Waals surface area contributed by atoms with E-state index in [9.17, 15) is 22.0 Å². The summed E-state index contributed by atoms with van der Waals surface area (Å²) in [4.78, 5) is 14.0. The highest BCUT2D eigenvalue weighted by Gasteiger charge is 2.29. The summed E-state index contributed by atoms with van der Waals surface area (Å²) < 4.78 is 53.6. The van der Waals surface area contributed by atoms with E-state index in [1.807, 2.05) is 0 Å². The Kier molecular flexibility index (Phi) is 5.06. The van der Waals surface area contributed by atoms with Crippen molar-refractivity contribution in [1.29, 1.82) is 0 Å². The van der Waals surface area contributed by atoms with Crippen molar-refractivity contribution in [2.45, 2.75) is 17.7 Å². The second kappa shape index (κ2) is 7.13. The molecule has 26 heavy (non-hydrogen) atoms. The fourth-order valence-electron chi connectivity index (χ4n) is 3.00. The van der Waals surface area contributed by atoms with Crippen LogP contribution in [0.15, 0.2) is 47.4 Å². The normalized spacial score (nSPS) is 14.4. The number of hydrogen-bond acceptors (Lipinski definition) is 3. The number of likely N-dealkylation sites (N-methyl/N-ethyl adjacent to an activating group) is 1. The number of fused-ring (bicyclic) bond motifs is 1. The van der Waals surface area contributed by atoms with Gasteiger partial charge in [-0.3, -0.25) is 4.79 Å². The van der Waals surface area contributed by atoms with E-state index < -0.39 is 34.1 Å². The zero-order valence-electron chi connectivity index (χ0n) is 14.2. The Bertz CT molecular complexity index is 933. The van der Waals surface area contributed by atoms with Gasteiger partial charge < -0.3 is 4.90 Å². The molecule has 0 bridgehead atoms. The van der Waals surface area contributed by atoms with E-state index in [0.29, 0.717) is 12.8 Å². The maximum Gasteiger partial charge on any atom is 0.243 e. The van der Waals surface area contributed by atoms with Crippen molar-refractivity contribution in [3.63, 3.8) is 0 Å². The number of hydrogen-bond donors (Lipinski definition) is 0.